The van der Waals surface area contributed by atoms with Crippen LogP contribution in [0.25, 0.3) is 10.9 Å². The second kappa shape index (κ2) is 5.12. The molecule has 92 valence electrons. The van der Waals surface area contributed by atoms with E-state index >= 15 is 0 Å². The Bertz CT molecular complexity index is 699. The standard InChI is InChI=1S/C12H11N3O2S/c13-7-3-9-15-18(16,17)11-6-1-4-10-5-2-8-14-12(10)11/h1-2,4-6,8,15H,3,9H2. The number of nitrogens with one attached hydrogen (secondary N) is 1. The van der Waals surface area contributed by atoms with Crippen molar-refractivity contribution < 1.29 is 8.42 Å². The van der Waals surface area contributed by atoms with Gasteiger partial charge in [-0.25, -0.2) is 13.1 Å². The van der Waals surface area contributed by atoms with E-state index < -0.39 is 10.0 Å². The molecule has 0 unspecified atom stereocenters. The summed E-state index contributed by atoms with van der Waals surface area (Å²) in [5, 5.41) is 9.17. The SMILES string of the molecule is N#CCCNS(=O)(=O)c1cccc2cccnc12. The molecule has 18 heavy (non-hydrogen) atoms. The average molecular weight is 261 g/mol. The third-order valence-electron chi connectivity index (χ3n) is 2.41. The topological polar surface area (TPSA) is 82.9 Å². The molecule has 0 spiro atoms. The summed E-state index contributed by atoms with van der Waals surface area (Å²) < 4.78 is 26.5. The number of pyridine rings is 1. The predicted octanol–water partition coefficient (Wildman–Crippen LogP) is 1.43. The van der Waals surface area contributed by atoms with E-state index in [1.807, 2.05) is 6.07 Å². The lowest BCUT2D eigenvalue weighted by Crippen LogP contribution is -2.24. The Hall–Kier alpha value is -1.97. The fourth-order valence-electron chi connectivity index (χ4n) is 1.61. The number of rotatable bonds is 4. The van der Waals surface area contributed by atoms with Gasteiger partial charge in [-0.05, 0) is 12.1 Å². The van der Waals surface area contributed by atoms with E-state index in [1.54, 1.807) is 30.5 Å². The van der Waals surface area contributed by atoms with Crippen LogP contribution in [-0.4, -0.2) is 19.9 Å². The largest absolute Gasteiger partial charge is 0.255 e. The Morgan fingerprint density at radius 1 is 1.28 bits per heavy atom. The van der Waals surface area contributed by atoms with Gasteiger partial charge >= 0.3 is 0 Å². The van der Waals surface area contributed by atoms with E-state index in [9.17, 15) is 8.42 Å². The molecule has 1 N–H and O–H groups in total. The van der Waals surface area contributed by atoms with Gasteiger partial charge in [-0.3, -0.25) is 4.98 Å². The van der Waals surface area contributed by atoms with Crippen molar-refractivity contribution in [2.24, 2.45) is 0 Å². The molecule has 0 saturated heterocycles. The van der Waals surface area contributed by atoms with Gasteiger partial charge in [0.05, 0.1) is 11.6 Å². The van der Waals surface area contributed by atoms with Crippen LogP contribution >= 0.6 is 0 Å². The first-order chi connectivity index (χ1) is 8.65. The fourth-order valence-corrected chi connectivity index (χ4v) is 2.82. The van der Waals surface area contributed by atoms with Gasteiger partial charge < -0.3 is 0 Å². The molecule has 0 saturated carbocycles. The molecule has 0 radical (unpaired) electrons. The number of nitrogens with zero attached hydrogens (tertiary/aromatic N) is 2. The van der Waals surface area contributed by atoms with Crippen LogP contribution < -0.4 is 4.72 Å². The molecule has 0 aliphatic heterocycles. The molecule has 2 rings (SSSR count). The van der Waals surface area contributed by atoms with Crippen LogP contribution in [0.1, 0.15) is 6.42 Å². The highest BCUT2D eigenvalue weighted by molar-refractivity contribution is 7.89. The first-order valence-electron chi connectivity index (χ1n) is 5.35. The smallest absolute Gasteiger partial charge is 0.242 e. The van der Waals surface area contributed by atoms with Gasteiger partial charge in [-0.1, -0.05) is 18.2 Å². The number of nitriles is 1. The molecular weight excluding hydrogens is 250 g/mol. The molecule has 6 heteroatoms. The number of fused-ring (bicyclic) bond motifs is 1. The van der Waals surface area contributed by atoms with Gasteiger partial charge in [0.15, 0.2) is 0 Å². The first-order valence-corrected chi connectivity index (χ1v) is 6.84. The molecule has 0 atom stereocenters. The second-order valence-electron chi connectivity index (χ2n) is 3.64. The molecule has 0 amide bonds. The third-order valence-corrected chi connectivity index (χ3v) is 3.91. The van der Waals surface area contributed by atoms with Crippen molar-refractivity contribution in [1.29, 1.82) is 5.26 Å². The Labute approximate surface area is 105 Å². The summed E-state index contributed by atoms with van der Waals surface area (Å²) in [6, 6.07) is 10.4. The van der Waals surface area contributed by atoms with Gasteiger partial charge in [0, 0.05) is 24.5 Å². The van der Waals surface area contributed by atoms with Crippen LogP contribution in [0.15, 0.2) is 41.4 Å². The van der Waals surface area contributed by atoms with E-state index in [4.69, 9.17) is 5.26 Å². The van der Waals surface area contributed by atoms with E-state index in [-0.39, 0.29) is 17.9 Å². The second-order valence-corrected chi connectivity index (χ2v) is 5.37. The maximum absolute atomic E-state index is 12.1. The average Bonchev–Trinajstić information content (AvgIpc) is 2.38. The molecule has 2 aromatic rings. The highest BCUT2D eigenvalue weighted by Gasteiger charge is 2.17. The highest BCUT2D eigenvalue weighted by Crippen LogP contribution is 2.20. The molecule has 1 aromatic heterocycles. The Morgan fingerprint density at radius 2 is 2.06 bits per heavy atom. The highest BCUT2D eigenvalue weighted by atomic mass is 32.2. The lowest BCUT2D eigenvalue weighted by molar-refractivity contribution is 0.583. The summed E-state index contributed by atoms with van der Waals surface area (Å²) in [5.74, 6) is 0. The fraction of sp³-hybridized carbons (Fsp3) is 0.167. The zero-order valence-corrected chi connectivity index (χ0v) is 10.3. The van der Waals surface area contributed by atoms with Crippen molar-refractivity contribution in [2.75, 3.05) is 6.54 Å². The van der Waals surface area contributed by atoms with Crippen LogP contribution in [0.4, 0.5) is 0 Å². The number of sulfonamides is 1. The first kappa shape index (κ1) is 12.5. The van der Waals surface area contributed by atoms with Crippen LogP contribution in [0, 0.1) is 11.3 Å². The van der Waals surface area contributed by atoms with Crippen molar-refractivity contribution in [3.8, 4) is 6.07 Å². The van der Waals surface area contributed by atoms with Gasteiger partial charge in [0.25, 0.3) is 0 Å². The Morgan fingerprint density at radius 3 is 2.83 bits per heavy atom. The molecule has 0 fully saturated rings. The lowest BCUT2D eigenvalue weighted by Gasteiger charge is -2.07. The van der Waals surface area contributed by atoms with E-state index in [0.717, 1.165) is 5.39 Å². The maximum atomic E-state index is 12.1. The van der Waals surface area contributed by atoms with Crippen molar-refractivity contribution in [3.05, 3.63) is 36.5 Å². The lowest BCUT2D eigenvalue weighted by atomic mass is 10.2. The molecule has 0 aliphatic carbocycles. The van der Waals surface area contributed by atoms with Crippen LogP contribution in [0.3, 0.4) is 0 Å². The number of hydrogen-bond donors (Lipinski definition) is 1. The molecule has 5 nitrogen and oxygen atoms in total. The van der Waals surface area contributed by atoms with E-state index in [0.29, 0.717) is 5.52 Å². The third kappa shape index (κ3) is 2.47. The number of aromatic nitrogens is 1. The number of benzene rings is 1. The van der Waals surface area contributed by atoms with Crippen LogP contribution in [0.2, 0.25) is 0 Å². The minimum Gasteiger partial charge on any atom is -0.255 e. The van der Waals surface area contributed by atoms with Gasteiger partial charge in [0.2, 0.25) is 10.0 Å². The number of para-hydroxylation sites is 1. The van der Waals surface area contributed by atoms with Crippen LogP contribution in [0.5, 0.6) is 0 Å². The summed E-state index contributed by atoms with van der Waals surface area (Å²) in [7, 11) is -3.62. The van der Waals surface area contributed by atoms with Gasteiger partial charge in [-0.2, -0.15) is 5.26 Å². The zero-order valence-electron chi connectivity index (χ0n) is 9.50. The summed E-state index contributed by atoms with van der Waals surface area (Å²) in [5.41, 5.74) is 0.435. The van der Waals surface area contributed by atoms with Gasteiger partial charge in [-0.15, -0.1) is 0 Å². The monoisotopic (exact) mass is 261 g/mol. The maximum Gasteiger partial charge on any atom is 0.242 e. The van der Waals surface area contributed by atoms with Crippen LogP contribution in [-0.2, 0) is 10.0 Å². The summed E-state index contributed by atoms with van der Waals surface area (Å²) in [6.45, 7) is 0.0993. The van der Waals surface area contributed by atoms with Crippen molar-refractivity contribution in [2.45, 2.75) is 11.3 Å². The normalized spacial score (nSPS) is 11.3. The minimum atomic E-state index is -3.62. The zero-order chi connectivity index (χ0) is 13.0. The number of hydrogen-bond acceptors (Lipinski definition) is 4. The molecule has 1 aromatic carbocycles. The Kier molecular flexibility index (Phi) is 3.55. The summed E-state index contributed by atoms with van der Waals surface area (Å²) in [4.78, 5) is 4.23. The summed E-state index contributed by atoms with van der Waals surface area (Å²) in [6.07, 6.45) is 1.69. The molecule has 1 heterocycles. The Balaban J connectivity index is 2.45. The van der Waals surface area contributed by atoms with Crippen molar-refractivity contribution in [3.63, 3.8) is 0 Å². The van der Waals surface area contributed by atoms with Gasteiger partial charge in [0.1, 0.15) is 4.90 Å². The summed E-state index contributed by atoms with van der Waals surface area (Å²) >= 11 is 0. The van der Waals surface area contributed by atoms with E-state index in [2.05, 4.69) is 9.71 Å². The molecule has 0 aliphatic rings. The predicted molar refractivity (Wildman–Crippen MR) is 67.2 cm³/mol. The quantitative estimate of drug-likeness (QED) is 0.844. The van der Waals surface area contributed by atoms with E-state index in [1.165, 1.54) is 6.07 Å². The van der Waals surface area contributed by atoms with Crippen molar-refractivity contribution >= 4 is 20.9 Å². The molecule has 0 bridgehead atoms. The minimum absolute atomic E-state index is 0.0993. The van der Waals surface area contributed by atoms with Crippen molar-refractivity contribution in [1.82, 2.24) is 9.71 Å². The molecular formula is C12H11N3O2S.